The zero-order valence-corrected chi connectivity index (χ0v) is 22.0. The molecule has 2 heterocycles. The summed E-state index contributed by atoms with van der Waals surface area (Å²) in [6.45, 7) is 1.43. The summed E-state index contributed by atoms with van der Waals surface area (Å²) in [6, 6.07) is 11.6. The summed E-state index contributed by atoms with van der Waals surface area (Å²) < 4.78 is 25.0. The fourth-order valence-corrected chi connectivity index (χ4v) is 6.22. The molecule has 4 rings (SSSR count). The van der Waals surface area contributed by atoms with E-state index in [1.807, 2.05) is 0 Å². The lowest BCUT2D eigenvalue weighted by atomic mass is 10.1. The maximum absolute atomic E-state index is 13.5. The number of aromatic amines is 1. The van der Waals surface area contributed by atoms with Crippen LogP contribution in [0.25, 0.3) is 0 Å². The van der Waals surface area contributed by atoms with Crippen molar-refractivity contribution in [3.63, 3.8) is 0 Å². The van der Waals surface area contributed by atoms with Crippen molar-refractivity contribution in [2.75, 3.05) is 0 Å². The molecule has 2 N–H and O–H groups in total. The Labute approximate surface area is 218 Å². The molecule has 35 heavy (non-hydrogen) atoms. The van der Waals surface area contributed by atoms with E-state index in [0.29, 0.717) is 27.4 Å². The average Bonchev–Trinajstić information content (AvgIpc) is 3.10. The summed E-state index contributed by atoms with van der Waals surface area (Å²) in [6.07, 6.45) is 0. The summed E-state index contributed by atoms with van der Waals surface area (Å²) in [5.41, 5.74) is 0.770. The van der Waals surface area contributed by atoms with Gasteiger partial charge in [-0.1, -0.05) is 52.4 Å². The maximum Gasteiger partial charge on any atom is 0.336 e. The maximum atomic E-state index is 13.5. The molecule has 0 fully saturated rings. The highest BCUT2D eigenvalue weighted by Gasteiger charge is 2.27. The highest BCUT2D eigenvalue weighted by Crippen LogP contribution is 2.28. The molecule has 1 aromatic heterocycles. The molecule has 13 heteroatoms. The second-order valence-corrected chi connectivity index (χ2v) is 12.0. The molecule has 0 unspecified atom stereocenters. The molecule has 0 saturated carbocycles. The van der Waals surface area contributed by atoms with E-state index < -0.39 is 37.2 Å². The molecule has 0 aliphatic carbocycles. The first-order valence-electron chi connectivity index (χ1n) is 10.4. The topological polar surface area (TPSA) is 144 Å². The normalized spacial score (nSPS) is 16.6. The van der Waals surface area contributed by atoms with Crippen LogP contribution in [0.4, 0.5) is 5.69 Å². The van der Waals surface area contributed by atoms with Gasteiger partial charge in [0.05, 0.1) is 29.7 Å². The third kappa shape index (κ3) is 5.43. The summed E-state index contributed by atoms with van der Waals surface area (Å²) in [4.78, 5) is 44.8. The molecule has 1 aliphatic rings. The van der Waals surface area contributed by atoms with Crippen LogP contribution in [0.3, 0.4) is 0 Å². The Balaban J connectivity index is 1.90. The number of carbonyl (C=O) groups is 1. The van der Waals surface area contributed by atoms with Crippen molar-refractivity contribution in [2.24, 2.45) is 10.9 Å². The number of alkyl halides is 1. The molecule has 0 saturated heterocycles. The lowest BCUT2D eigenvalue weighted by molar-refractivity contribution is -0.141. The minimum atomic E-state index is -3.21. The van der Waals surface area contributed by atoms with Gasteiger partial charge in [0, 0.05) is 5.02 Å². The number of halogens is 2. The number of benzene rings is 2. The third-order valence-corrected chi connectivity index (χ3v) is 9.00. The number of nitrogens with one attached hydrogen (secondary N) is 1. The first-order valence-corrected chi connectivity index (χ1v) is 13.8. The van der Waals surface area contributed by atoms with E-state index in [1.165, 1.54) is 11.5 Å². The predicted octanol–water partition coefficient (Wildman–Crippen LogP) is 2.35. The second kappa shape index (κ2) is 9.74. The highest BCUT2D eigenvalue weighted by molar-refractivity contribution is 14.1. The quantitative estimate of drug-likeness (QED) is 0.316. The van der Waals surface area contributed by atoms with Crippen LogP contribution in [-0.4, -0.2) is 33.6 Å². The Bertz CT molecular complexity index is 1610. The van der Waals surface area contributed by atoms with Crippen LogP contribution in [0.5, 0.6) is 0 Å². The van der Waals surface area contributed by atoms with Gasteiger partial charge in [-0.3, -0.25) is 14.3 Å². The molecule has 2 atom stereocenters. The summed E-state index contributed by atoms with van der Waals surface area (Å²) in [5, 5.41) is 9.89. The van der Waals surface area contributed by atoms with Crippen molar-refractivity contribution in [3.05, 3.63) is 90.8 Å². The molecular weight excluding hydrogens is 611 g/mol. The van der Waals surface area contributed by atoms with Gasteiger partial charge in [0.2, 0.25) is 5.62 Å². The number of fused-ring (bicyclic) bond motifs is 1. The number of sulfone groups is 1. The van der Waals surface area contributed by atoms with E-state index in [0.717, 1.165) is 4.57 Å². The van der Waals surface area contributed by atoms with Gasteiger partial charge in [0.1, 0.15) is 4.05 Å². The van der Waals surface area contributed by atoms with Gasteiger partial charge in [-0.15, -0.1) is 0 Å². The Morgan fingerprint density at radius 3 is 2.49 bits per heavy atom. The van der Waals surface area contributed by atoms with Crippen molar-refractivity contribution in [2.45, 2.75) is 29.0 Å². The number of aliphatic carboxylic acids is 1. The van der Waals surface area contributed by atoms with Crippen LogP contribution in [-0.2, 0) is 32.7 Å². The molecule has 0 spiro atoms. The average molecular weight is 631 g/mol. The molecule has 2 aromatic carbocycles. The van der Waals surface area contributed by atoms with Crippen molar-refractivity contribution >= 4 is 55.7 Å². The van der Waals surface area contributed by atoms with E-state index in [9.17, 15) is 27.9 Å². The SMILES string of the molecule is C[C@@H](C(=O)O)[C@H](I)n1c(=O)[nH]/c(=N\c2ccc3c(c2)CS(=O)(=O)C3)n(Cc2ccc(Cl)cc2)c1=O. The fourth-order valence-electron chi connectivity index (χ4n) is 3.70. The van der Waals surface area contributed by atoms with Gasteiger partial charge in [0.25, 0.3) is 0 Å². The van der Waals surface area contributed by atoms with Crippen molar-refractivity contribution in [1.82, 2.24) is 14.1 Å². The van der Waals surface area contributed by atoms with Crippen LogP contribution >= 0.6 is 34.2 Å². The minimum absolute atomic E-state index is 0.0236. The summed E-state index contributed by atoms with van der Waals surface area (Å²) in [7, 11) is -3.21. The number of carboxylic acids is 1. The number of carboxylic acid groups (broad SMARTS) is 1. The Hall–Kier alpha value is -2.71. The Morgan fingerprint density at radius 2 is 1.83 bits per heavy atom. The number of nitrogens with zero attached hydrogens (tertiary/aromatic N) is 3. The fraction of sp³-hybridized carbons (Fsp3) is 0.273. The first-order chi connectivity index (χ1) is 16.4. The van der Waals surface area contributed by atoms with Crippen molar-refractivity contribution in [3.8, 4) is 0 Å². The lowest BCUT2D eigenvalue weighted by Gasteiger charge is -2.18. The van der Waals surface area contributed by atoms with E-state index in [-0.39, 0.29) is 23.7 Å². The molecule has 0 radical (unpaired) electrons. The van der Waals surface area contributed by atoms with Crippen LogP contribution in [0.2, 0.25) is 5.02 Å². The van der Waals surface area contributed by atoms with E-state index >= 15 is 0 Å². The lowest BCUT2D eigenvalue weighted by Crippen LogP contribution is -2.51. The Kier molecular flexibility index (Phi) is 7.06. The first kappa shape index (κ1) is 25.4. The number of H-pyrrole nitrogens is 1. The molecule has 0 amide bonds. The van der Waals surface area contributed by atoms with E-state index in [4.69, 9.17) is 11.6 Å². The predicted molar refractivity (Wildman–Crippen MR) is 138 cm³/mol. The van der Waals surface area contributed by atoms with Gasteiger partial charge in [-0.05, 0) is 47.9 Å². The van der Waals surface area contributed by atoms with Crippen LogP contribution in [0.1, 0.15) is 27.7 Å². The summed E-state index contributed by atoms with van der Waals surface area (Å²) in [5.74, 6) is -2.30. The van der Waals surface area contributed by atoms with Gasteiger partial charge in [0.15, 0.2) is 9.84 Å². The third-order valence-electron chi connectivity index (χ3n) is 5.61. The largest absolute Gasteiger partial charge is 0.481 e. The van der Waals surface area contributed by atoms with Gasteiger partial charge < -0.3 is 5.11 Å². The van der Waals surface area contributed by atoms with Crippen LogP contribution in [0.15, 0.2) is 57.0 Å². The van der Waals surface area contributed by atoms with Gasteiger partial charge in [-0.2, -0.15) is 0 Å². The molecule has 0 bridgehead atoms. The highest BCUT2D eigenvalue weighted by atomic mass is 127. The minimum Gasteiger partial charge on any atom is -0.481 e. The number of hydrogen-bond donors (Lipinski definition) is 2. The van der Waals surface area contributed by atoms with E-state index in [2.05, 4.69) is 9.98 Å². The van der Waals surface area contributed by atoms with Crippen LogP contribution < -0.4 is 17.0 Å². The second-order valence-electron chi connectivity index (χ2n) is 8.22. The zero-order chi connectivity index (χ0) is 25.5. The molecule has 3 aromatic rings. The number of rotatable bonds is 6. The molecule has 10 nitrogen and oxygen atoms in total. The zero-order valence-electron chi connectivity index (χ0n) is 18.3. The van der Waals surface area contributed by atoms with Crippen LogP contribution in [0, 0.1) is 5.92 Å². The summed E-state index contributed by atoms with van der Waals surface area (Å²) >= 11 is 7.72. The van der Waals surface area contributed by atoms with E-state index in [1.54, 1.807) is 65.1 Å². The monoisotopic (exact) mass is 630 g/mol. The van der Waals surface area contributed by atoms with Gasteiger partial charge >= 0.3 is 17.3 Å². The Morgan fingerprint density at radius 1 is 1.17 bits per heavy atom. The van der Waals surface area contributed by atoms with Gasteiger partial charge in [-0.25, -0.2) is 27.6 Å². The number of hydrogen-bond acceptors (Lipinski definition) is 6. The standard InChI is InChI=1S/C22H20ClIN4O6S/c1-12(19(29)30)18(24)28-21(31)26-20(27(22(28)32)9-13-2-5-16(23)6-3-13)25-17-7-4-14-10-35(33,34)11-15(14)8-17/h2-8,12,18H,9-11H2,1H3,(H,29,30)(H,25,26,31)/t12-,18-/m1/s1. The smallest absolute Gasteiger partial charge is 0.336 e. The van der Waals surface area contributed by atoms with Crippen molar-refractivity contribution in [1.29, 1.82) is 0 Å². The molecule has 1 aliphatic heterocycles. The number of aromatic nitrogens is 3. The molecular formula is C22H20ClIN4O6S. The molecule has 184 valence electrons. The van der Waals surface area contributed by atoms with Crippen molar-refractivity contribution < 1.29 is 18.3 Å².